The van der Waals surface area contributed by atoms with E-state index in [1.54, 1.807) is 0 Å². The Kier molecular flexibility index (Phi) is 2.42. The van der Waals surface area contributed by atoms with Gasteiger partial charge < -0.3 is 9.73 Å². The molecule has 2 aromatic rings. The van der Waals surface area contributed by atoms with E-state index in [1.807, 2.05) is 19.1 Å². The summed E-state index contributed by atoms with van der Waals surface area (Å²) >= 11 is 6.03. The van der Waals surface area contributed by atoms with Gasteiger partial charge >= 0.3 is 0 Å². The number of oxazole rings is 1. The third-order valence-corrected chi connectivity index (χ3v) is 3.74. The molecule has 0 bridgehead atoms. The number of aromatic nitrogens is 1. The maximum absolute atomic E-state index is 6.03. The molecule has 90 valence electrons. The number of nitrogens with one attached hydrogen (secondary N) is 1. The minimum Gasteiger partial charge on any atom is -0.440 e. The fourth-order valence-corrected chi connectivity index (χ4v) is 2.68. The van der Waals surface area contributed by atoms with Crippen LogP contribution in [0.15, 0.2) is 16.5 Å². The molecule has 1 aromatic carbocycles. The minimum atomic E-state index is 0.0118. The second-order valence-electron chi connectivity index (χ2n) is 5.08. The van der Waals surface area contributed by atoms with Crippen molar-refractivity contribution in [2.24, 2.45) is 0 Å². The predicted molar refractivity (Wildman–Crippen MR) is 68.6 cm³/mol. The van der Waals surface area contributed by atoms with Crippen LogP contribution in [0.3, 0.4) is 0 Å². The molecule has 3 rings (SSSR count). The summed E-state index contributed by atoms with van der Waals surface area (Å²) in [5, 5.41) is 4.07. The summed E-state index contributed by atoms with van der Waals surface area (Å²) < 4.78 is 5.93. The van der Waals surface area contributed by atoms with E-state index >= 15 is 0 Å². The molecular weight excluding hydrogens is 236 g/mol. The van der Waals surface area contributed by atoms with Crippen molar-refractivity contribution in [1.29, 1.82) is 0 Å². The minimum absolute atomic E-state index is 0.0118. The summed E-state index contributed by atoms with van der Waals surface area (Å²) in [6.07, 6.45) is 1.06. The lowest BCUT2D eigenvalue weighted by Gasteiger charge is -2.17. The molecule has 0 aliphatic carbocycles. The average molecular weight is 251 g/mol. The summed E-state index contributed by atoms with van der Waals surface area (Å²) in [6, 6.07) is 3.77. The quantitative estimate of drug-likeness (QED) is 0.846. The Morgan fingerprint density at radius 2 is 2.29 bits per heavy atom. The van der Waals surface area contributed by atoms with Crippen molar-refractivity contribution >= 4 is 22.7 Å². The van der Waals surface area contributed by atoms with E-state index in [2.05, 4.69) is 17.2 Å². The van der Waals surface area contributed by atoms with Gasteiger partial charge in [0.25, 0.3) is 0 Å². The zero-order valence-corrected chi connectivity index (χ0v) is 10.8. The number of hydrogen-bond donors (Lipinski definition) is 1. The van der Waals surface area contributed by atoms with E-state index in [-0.39, 0.29) is 5.41 Å². The molecule has 1 N–H and O–H groups in total. The SMILES string of the molecule is Cc1cc(Cl)cc2nc(C3(C)CCNC3)oc12. The molecular formula is C13H15ClN2O. The van der Waals surface area contributed by atoms with Gasteiger partial charge in [-0.1, -0.05) is 11.6 Å². The van der Waals surface area contributed by atoms with E-state index in [1.165, 1.54) is 0 Å². The van der Waals surface area contributed by atoms with Crippen molar-refractivity contribution in [2.45, 2.75) is 25.7 Å². The third-order valence-electron chi connectivity index (χ3n) is 3.53. The van der Waals surface area contributed by atoms with E-state index < -0.39 is 0 Å². The number of hydrogen-bond acceptors (Lipinski definition) is 3. The van der Waals surface area contributed by atoms with Crippen LogP contribution in [0.25, 0.3) is 11.1 Å². The van der Waals surface area contributed by atoms with Gasteiger partial charge in [-0.05, 0) is 44.5 Å². The van der Waals surface area contributed by atoms with Crippen molar-refractivity contribution in [2.75, 3.05) is 13.1 Å². The van der Waals surface area contributed by atoms with Crippen LogP contribution in [0.2, 0.25) is 5.02 Å². The van der Waals surface area contributed by atoms with Gasteiger partial charge in [0, 0.05) is 11.6 Å². The number of nitrogens with zero attached hydrogens (tertiary/aromatic N) is 1. The molecule has 1 unspecified atom stereocenters. The van der Waals surface area contributed by atoms with Gasteiger partial charge in [-0.2, -0.15) is 0 Å². The highest BCUT2D eigenvalue weighted by atomic mass is 35.5. The lowest BCUT2D eigenvalue weighted by molar-refractivity contribution is 0.382. The largest absolute Gasteiger partial charge is 0.440 e. The van der Waals surface area contributed by atoms with Crippen LogP contribution < -0.4 is 5.32 Å². The second-order valence-corrected chi connectivity index (χ2v) is 5.51. The van der Waals surface area contributed by atoms with E-state index in [0.717, 1.165) is 42.1 Å². The van der Waals surface area contributed by atoms with Crippen LogP contribution in [-0.4, -0.2) is 18.1 Å². The summed E-state index contributed by atoms with van der Waals surface area (Å²) in [5.74, 6) is 0.822. The molecule has 17 heavy (non-hydrogen) atoms. The second kappa shape index (κ2) is 3.72. The Morgan fingerprint density at radius 3 is 3.00 bits per heavy atom. The molecule has 1 aliphatic rings. The van der Waals surface area contributed by atoms with Gasteiger partial charge in [0.2, 0.25) is 5.89 Å². The molecule has 1 fully saturated rings. The molecule has 2 heterocycles. The molecule has 3 nitrogen and oxygen atoms in total. The topological polar surface area (TPSA) is 38.1 Å². The van der Waals surface area contributed by atoms with Crippen molar-refractivity contribution in [3.8, 4) is 0 Å². The fraction of sp³-hybridized carbons (Fsp3) is 0.462. The standard InChI is InChI=1S/C13H15ClN2O/c1-8-5-9(14)6-10-11(8)17-12(16-10)13(2)3-4-15-7-13/h5-6,15H,3-4,7H2,1-2H3. The van der Waals surface area contributed by atoms with Crippen LogP contribution in [0.4, 0.5) is 0 Å². The molecule has 0 spiro atoms. The van der Waals surface area contributed by atoms with Gasteiger partial charge in [-0.15, -0.1) is 0 Å². The average Bonchev–Trinajstić information content (AvgIpc) is 2.84. The molecule has 1 atom stereocenters. The Balaban J connectivity index is 2.16. The predicted octanol–water partition coefficient (Wildman–Crippen LogP) is 3.04. The van der Waals surface area contributed by atoms with E-state index in [4.69, 9.17) is 16.0 Å². The Hall–Kier alpha value is -1.06. The zero-order chi connectivity index (χ0) is 12.0. The Bertz CT molecular complexity index is 570. The van der Waals surface area contributed by atoms with Crippen molar-refractivity contribution in [3.05, 3.63) is 28.6 Å². The number of rotatable bonds is 1. The van der Waals surface area contributed by atoms with Gasteiger partial charge in [-0.3, -0.25) is 0 Å². The highest BCUT2D eigenvalue weighted by Gasteiger charge is 2.35. The van der Waals surface area contributed by atoms with Gasteiger partial charge in [-0.25, -0.2) is 4.98 Å². The van der Waals surface area contributed by atoms with Crippen LogP contribution in [-0.2, 0) is 5.41 Å². The molecule has 4 heteroatoms. The summed E-state index contributed by atoms with van der Waals surface area (Å²) in [5.41, 5.74) is 2.77. The molecule has 0 amide bonds. The van der Waals surface area contributed by atoms with Crippen LogP contribution in [0.1, 0.15) is 24.8 Å². The van der Waals surface area contributed by atoms with E-state index in [0.29, 0.717) is 5.02 Å². The van der Waals surface area contributed by atoms with Crippen LogP contribution in [0, 0.1) is 6.92 Å². The van der Waals surface area contributed by atoms with Gasteiger partial charge in [0.15, 0.2) is 5.58 Å². The zero-order valence-electron chi connectivity index (χ0n) is 10.0. The maximum atomic E-state index is 6.03. The highest BCUT2D eigenvalue weighted by Crippen LogP contribution is 2.33. The number of aryl methyl sites for hydroxylation is 1. The smallest absolute Gasteiger partial charge is 0.202 e. The Morgan fingerprint density at radius 1 is 1.47 bits per heavy atom. The number of halogens is 1. The molecule has 1 aliphatic heterocycles. The first-order valence-corrected chi connectivity index (χ1v) is 6.24. The fourth-order valence-electron chi connectivity index (χ4n) is 2.41. The monoisotopic (exact) mass is 250 g/mol. The van der Waals surface area contributed by atoms with Crippen molar-refractivity contribution < 1.29 is 4.42 Å². The molecule has 0 saturated carbocycles. The summed E-state index contributed by atoms with van der Waals surface area (Å²) in [6.45, 7) is 6.13. The van der Waals surface area contributed by atoms with E-state index in [9.17, 15) is 0 Å². The molecule has 1 aromatic heterocycles. The van der Waals surface area contributed by atoms with Crippen LogP contribution >= 0.6 is 11.6 Å². The summed E-state index contributed by atoms with van der Waals surface area (Å²) in [4.78, 5) is 4.60. The lowest BCUT2D eigenvalue weighted by Crippen LogP contribution is -2.25. The lowest BCUT2D eigenvalue weighted by atomic mass is 9.90. The molecule has 1 saturated heterocycles. The Labute approximate surface area is 105 Å². The number of benzene rings is 1. The molecule has 0 radical (unpaired) electrons. The van der Waals surface area contributed by atoms with Gasteiger partial charge in [0.1, 0.15) is 5.52 Å². The first-order chi connectivity index (χ1) is 8.08. The third kappa shape index (κ3) is 1.74. The number of fused-ring (bicyclic) bond motifs is 1. The first kappa shape index (κ1) is 11.1. The highest BCUT2D eigenvalue weighted by molar-refractivity contribution is 6.31. The normalized spacial score (nSPS) is 24.6. The first-order valence-electron chi connectivity index (χ1n) is 5.86. The maximum Gasteiger partial charge on any atom is 0.202 e. The van der Waals surface area contributed by atoms with Gasteiger partial charge in [0.05, 0.1) is 5.41 Å². The summed E-state index contributed by atoms with van der Waals surface area (Å²) in [7, 11) is 0. The van der Waals surface area contributed by atoms with Crippen molar-refractivity contribution in [3.63, 3.8) is 0 Å². The van der Waals surface area contributed by atoms with Crippen LogP contribution in [0.5, 0.6) is 0 Å². The van der Waals surface area contributed by atoms with Crippen molar-refractivity contribution in [1.82, 2.24) is 10.3 Å².